The molecule has 2 aliphatic rings. The first kappa shape index (κ1) is 14.5. The van der Waals surface area contributed by atoms with Crippen molar-refractivity contribution in [2.75, 3.05) is 32.9 Å². The number of aryl methyl sites for hydroxylation is 1. The Morgan fingerprint density at radius 2 is 2.10 bits per heavy atom. The molecule has 2 fully saturated rings. The number of benzene rings is 1. The van der Waals surface area contributed by atoms with Gasteiger partial charge in [0.15, 0.2) is 0 Å². The number of ether oxygens (including phenoxy) is 2. The van der Waals surface area contributed by atoms with E-state index in [0.29, 0.717) is 6.61 Å². The van der Waals surface area contributed by atoms with E-state index in [2.05, 4.69) is 24.3 Å². The molecule has 0 unspecified atom stereocenters. The average Bonchev–Trinajstić information content (AvgIpc) is 3.00. The normalized spacial score (nSPS) is 22.3. The molecule has 0 spiro atoms. The molecule has 1 amide bonds. The van der Waals surface area contributed by atoms with E-state index in [4.69, 9.17) is 9.47 Å². The number of hydrogen-bond donors (Lipinski definition) is 0. The average molecular weight is 289 g/mol. The molecule has 0 bridgehead atoms. The summed E-state index contributed by atoms with van der Waals surface area (Å²) in [6, 6.07) is 10.5. The number of likely N-dealkylation sites (tertiary alicyclic amines) is 1. The Labute approximate surface area is 126 Å². The van der Waals surface area contributed by atoms with E-state index >= 15 is 0 Å². The standard InChI is InChI=1S/C17H23NO3/c19-17(15-8-10-20-13-15)18-11-16(12-18)21-9-4-7-14-5-2-1-3-6-14/h1-3,5-6,15-16H,4,7-13H2/t15-/m0/s1. The second kappa shape index (κ2) is 7.05. The number of carbonyl (C=O) groups is 1. The number of carbonyl (C=O) groups excluding carboxylic acids is 1. The van der Waals surface area contributed by atoms with Gasteiger partial charge in [-0.15, -0.1) is 0 Å². The van der Waals surface area contributed by atoms with Crippen molar-refractivity contribution in [3.05, 3.63) is 35.9 Å². The van der Waals surface area contributed by atoms with Crippen LogP contribution >= 0.6 is 0 Å². The van der Waals surface area contributed by atoms with Crippen LogP contribution in [0.1, 0.15) is 18.4 Å². The van der Waals surface area contributed by atoms with Crippen molar-refractivity contribution >= 4 is 5.91 Å². The second-order valence-corrected chi connectivity index (χ2v) is 5.89. The molecule has 0 N–H and O–H groups in total. The molecule has 1 aromatic carbocycles. The van der Waals surface area contributed by atoms with Crippen LogP contribution in [0.4, 0.5) is 0 Å². The molecule has 3 rings (SSSR count). The van der Waals surface area contributed by atoms with E-state index in [0.717, 1.165) is 45.6 Å². The topological polar surface area (TPSA) is 38.8 Å². The number of amides is 1. The van der Waals surface area contributed by atoms with Gasteiger partial charge in [-0.1, -0.05) is 30.3 Å². The fraction of sp³-hybridized carbons (Fsp3) is 0.588. The lowest BCUT2D eigenvalue weighted by molar-refractivity contribution is -0.149. The summed E-state index contributed by atoms with van der Waals surface area (Å²) in [6.45, 7) is 3.59. The van der Waals surface area contributed by atoms with Gasteiger partial charge in [-0.25, -0.2) is 0 Å². The van der Waals surface area contributed by atoms with Gasteiger partial charge in [0.05, 0.1) is 18.6 Å². The Morgan fingerprint density at radius 3 is 2.81 bits per heavy atom. The fourth-order valence-corrected chi connectivity index (χ4v) is 2.88. The summed E-state index contributed by atoms with van der Waals surface area (Å²) >= 11 is 0. The highest BCUT2D eigenvalue weighted by molar-refractivity contribution is 5.80. The summed E-state index contributed by atoms with van der Waals surface area (Å²) < 4.78 is 11.1. The molecule has 2 saturated heterocycles. The van der Waals surface area contributed by atoms with E-state index in [9.17, 15) is 4.79 Å². The van der Waals surface area contributed by atoms with Gasteiger partial charge in [0, 0.05) is 26.3 Å². The minimum absolute atomic E-state index is 0.0871. The van der Waals surface area contributed by atoms with E-state index in [-0.39, 0.29) is 17.9 Å². The van der Waals surface area contributed by atoms with Crippen LogP contribution in [0.15, 0.2) is 30.3 Å². The van der Waals surface area contributed by atoms with Gasteiger partial charge in [0.2, 0.25) is 5.91 Å². The van der Waals surface area contributed by atoms with Crippen molar-refractivity contribution in [2.24, 2.45) is 5.92 Å². The SMILES string of the molecule is O=C([C@H]1CCOC1)N1CC(OCCCc2ccccc2)C1. The van der Waals surface area contributed by atoms with E-state index in [1.807, 2.05) is 11.0 Å². The Morgan fingerprint density at radius 1 is 1.29 bits per heavy atom. The van der Waals surface area contributed by atoms with Gasteiger partial charge in [-0.05, 0) is 24.8 Å². The number of hydrogen-bond acceptors (Lipinski definition) is 3. The first-order chi connectivity index (χ1) is 10.3. The van der Waals surface area contributed by atoms with Crippen LogP contribution in [0.3, 0.4) is 0 Å². The maximum atomic E-state index is 12.1. The van der Waals surface area contributed by atoms with Crippen LogP contribution in [-0.4, -0.2) is 49.8 Å². The molecule has 0 saturated carbocycles. The number of nitrogens with zero attached hydrogens (tertiary/aromatic N) is 1. The summed E-state index contributed by atoms with van der Waals surface area (Å²) in [5, 5.41) is 0. The van der Waals surface area contributed by atoms with Crippen LogP contribution in [-0.2, 0) is 20.7 Å². The van der Waals surface area contributed by atoms with Gasteiger partial charge in [0.25, 0.3) is 0 Å². The predicted molar refractivity (Wildman–Crippen MR) is 80.0 cm³/mol. The van der Waals surface area contributed by atoms with Crippen molar-refractivity contribution in [2.45, 2.75) is 25.4 Å². The number of rotatable bonds is 6. The van der Waals surface area contributed by atoms with Crippen LogP contribution in [0, 0.1) is 5.92 Å². The first-order valence-corrected chi connectivity index (χ1v) is 7.85. The molecular weight excluding hydrogens is 266 g/mol. The lowest BCUT2D eigenvalue weighted by Crippen LogP contribution is -2.56. The van der Waals surface area contributed by atoms with Gasteiger partial charge in [-0.3, -0.25) is 4.79 Å². The highest BCUT2D eigenvalue weighted by Crippen LogP contribution is 2.21. The molecule has 0 aliphatic carbocycles. The lowest BCUT2D eigenvalue weighted by atomic mass is 10.0. The van der Waals surface area contributed by atoms with Gasteiger partial charge in [0.1, 0.15) is 0 Å². The third kappa shape index (κ3) is 3.83. The third-order valence-electron chi connectivity index (χ3n) is 4.24. The van der Waals surface area contributed by atoms with Crippen molar-refractivity contribution in [3.63, 3.8) is 0 Å². The van der Waals surface area contributed by atoms with Crippen LogP contribution in [0.25, 0.3) is 0 Å². The van der Waals surface area contributed by atoms with E-state index in [1.165, 1.54) is 5.56 Å². The highest BCUT2D eigenvalue weighted by atomic mass is 16.5. The summed E-state index contributed by atoms with van der Waals surface area (Å²) in [6.07, 6.45) is 3.19. The van der Waals surface area contributed by atoms with E-state index in [1.54, 1.807) is 0 Å². The molecule has 1 atom stereocenters. The molecule has 114 valence electrons. The first-order valence-electron chi connectivity index (χ1n) is 7.85. The second-order valence-electron chi connectivity index (χ2n) is 5.89. The van der Waals surface area contributed by atoms with Gasteiger partial charge >= 0.3 is 0 Å². The summed E-state index contributed by atoms with van der Waals surface area (Å²) in [5.41, 5.74) is 1.35. The molecule has 0 aromatic heterocycles. The predicted octanol–water partition coefficient (Wildman–Crippen LogP) is 1.88. The zero-order chi connectivity index (χ0) is 14.5. The summed E-state index contributed by atoms with van der Waals surface area (Å²) in [7, 11) is 0. The van der Waals surface area contributed by atoms with Crippen LogP contribution in [0.2, 0.25) is 0 Å². The smallest absolute Gasteiger partial charge is 0.228 e. The van der Waals surface area contributed by atoms with Crippen molar-refractivity contribution < 1.29 is 14.3 Å². The summed E-state index contributed by atoms with van der Waals surface area (Å²) in [5.74, 6) is 0.334. The minimum Gasteiger partial charge on any atom is -0.381 e. The lowest BCUT2D eigenvalue weighted by Gasteiger charge is -2.40. The molecule has 2 aliphatic heterocycles. The minimum atomic E-state index is 0.0871. The molecule has 0 radical (unpaired) electrons. The zero-order valence-corrected chi connectivity index (χ0v) is 12.4. The largest absolute Gasteiger partial charge is 0.381 e. The van der Waals surface area contributed by atoms with Crippen molar-refractivity contribution in [1.29, 1.82) is 0 Å². The quantitative estimate of drug-likeness (QED) is 0.751. The molecular formula is C17H23NO3. The van der Waals surface area contributed by atoms with Crippen molar-refractivity contribution in [3.8, 4) is 0 Å². The molecule has 4 heteroatoms. The Kier molecular flexibility index (Phi) is 4.88. The van der Waals surface area contributed by atoms with Gasteiger partial charge < -0.3 is 14.4 Å². The zero-order valence-electron chi connectivity index (χ0n) is 12.4. The Balaban J connectivity index is 1.28. The highest BCUT2D eigenvalue weighted by Gasteiger charge is 2.36. The van der Waals surface area contributed by atoms with Crippen molar-refractivity contribution in [1.82, 2.24) is 4.90 Å². The molecule has 4 nitrogen and oxygen atoms in total. The maximum Gasteiger partial charge on any atom is 0.228 e. The van der Waals surface area contributed by atoms with E-state index < -0.39 is 0 Å². The molecule has 1 aromatic rings. The third-order valence-corrected chi connectivity index (χ3v) is 4.24. The monoisotopic (exact) mass is 289 g/mol. The Bertz CT molecular complexity index is 450. The van der Waals surface area contributed by atoms with Crippen LogP contribution < -0.4 is 0 Å². The fourth-order valence-electron chi connectivity index (χ4n) is 2.88. The molecule has 2 heterocycles. The van der Waals surface area contributed by atoms with Gasteiger partial charge in [-0.2, -0.15) is 0 Å². The van der Waals surface area contributed by atoms with Crippen LogP contribution in [0.5, 0.6) is 0 Å². The summed E-state index contributed by atoms with van der Waals surface area (Å²) in [4.78, 5) is 14.0. The Hall–Kier alpha value is -1.39. The maximum absolute atomic E-state index is 12.1. The molecule has 21 heavy (non-hydrogen) atoms.